The average molecular weight is 223 g/mol. The molecule has 0 amide bonds. The van der Waals surface area contributed by atoms with Crippen molar-refractivity contribution in [3.8, 4) is 0 Å². The van der Waals surface area contributed by atoms with Crippen molar-refractivity contribution in [1.82, 2.24) is 0 Å². The van der Waals surface area contributed by atoms with Crippen molar-refractivity contribution in [2.75, 3.05) is 0 Å². The normalized spacial score (nSPS) is 10.6. The van der Waals surface area contributed by atoms with Crippen molar-refractivity contribution in [2.45, 2.75) is 97.1 Å². The Kier molecular flexibility index (Phi) is 15.1. The minimum absolute atomic E-state index is 1.25. The molecule has 0 aromatic carbocycles. The predicted molar refractivity (Wildman–Crippen MR) is 77.5 cm³/mol. The molecule has 0 aromatic heterocycles. The zero-order valence-electron chi connectivity index (χ0n) is 11.8. The first-order valence-electron chi connectivity index (χ1n) is 7.73. The molecule has 95 valence electrons. The van der Waals surface area contributed by atoms with Crippen LogP contribution in [0.15, 0.2) is 0 Å². The van der Waals surface area contributed by atoms with Crippen molar-refractivity contribution in [1.29, 1.82) is 0 Å². The van der Waals surface area contributed by atoms with Crippen molar-refractivity contribution >= 4 is 7.28 Å². The Hall–Kier alpha value is 0.0649. The molecule has 0 fully saturated rings. The fourth-order valence-corrected chi connectivity index (χ4v) is 2.16. The maximum absolute atomic E-state index is 2.41. The number of unbranched alkanes of at least 4 members (excludes halogenated alkanes) is 10. The molecule has 0 nitrogen and oxygen atoms in total. The van der Waals surface area contributed by atoms with E-state index < -0.39 is 0 Å². The summed E-state index contributed by atoms with van der Waals surface area (Å²) in [5.41, 5.74) is 0. The largest absolute Gasteiger partial charge is 0.109 e. The van der Waals surface area contributed by atoms with Gasteiger partial charge in [-0.1, -0.05) is 97.1 Å². The zero-order chi connectivity index (χ0) is 11.9. The molecule has 0 heterocycles. The van der Waals surface area contributed by atoms with Crippen molar-refractivity contribution in [3.05, 3.63) is 0 Å². The Balaban J connectivity index is 2.83. The van der Waals surface area contributed by atoms with E-state index >= 15 is 0 Å². The molecule has 0 saturated heterocycles. The maximum atomic E-state index is 2.41. The minimum atomic E-state index is 1.25. The Morgan fingerprint density at radius 2 is 1.00 bits per heavy atom. The summed E-state index contributed by atoms with van der Waals surface area (Å²) in [4.78, 5) is 0. The lowest BCUT2D eigenvalue weighted by molar-refractivity contribution is 0.554. The molecular formula is C15H32B. The molecule has 0 saturated carbocycles. The Bertz CT molecular complexity index is 98.0. The zero-order valence-corrected chi connectivity index (χ0v) is 11.8. The van der Waals surface area contributed by atoms with Crippen LogP contribution in [0.2, 0.25) is 12.6 Å². The van der Waals surface area contributed by atoms with Crippen LogP contribution in [0.5, 0.6) is 0 Å². The summed E-state index contributed by atoms with van der Waals surface area (Å²) >= 11 is 0. The summed E-state index contributed by atoms with van der Waals surface area (Å²) < 4.78 is 0. The maximum Gasteiger partial charge on any atom is 0.109 e. The standard InChI is InChI=1S/C15H32B/c1-3-5-6-7-8-9-10-11-12-13-14-15-16-4-2/h3-15H2,1-2H3. The van der Waals surface area contributed by atoms with Gasteiger partial charge in [0.1, 0.15) is 7.28 Å². The highest BCUT2D eigenvalue weighted by Crippen LogP contribution is 2.11. The van der Waals surface area contributed by atoms with Gasteiger partial charge in [0, 0.05) is 0 Å². The van der Waals surface area contributed by atoms with E-state index in [1.165, 1.54) is 83.3 Å². The molecule has 0 atom stereocenters. The summed E-state index contributed by atoms with van der Waals surface area (Å²) in [5, 5.41) is 0. The van der Waals surface area contributed by atoms with E-state index in [1.807, 2.05) is 0 Å². The van der Waals surface area contributed by atoms with E-state index in [2.05, 4.69) is 21.1 Å². The monoisotopic (exact) mass is 223 g/mol. The van der Waals surface area contributed by atoms with Gasteiger partial charge in [0.25, 0.3) is 0 Å². The van der Waals surface area contributed by atoms with Gasteiger partial charge in [-0.15, -0.1) is 0 Å². The topological polar surface area (TPSA) is 0 Å². The quantitative estimate of drug-likeness (QED) is 0.271. The van der Waals surface area contributed by atoms with Crippen LogP contribution in [-0.4, -0.2) is 7.28 Å². The second-order valence-corrected chi connectivity index (χ2v) is 5.02. The van der Waals surface area contributed by atoms with Crippen LogP contribution < -0.4 is 0 Å². The van der Waals surface area contributed by atoms with Crippen LogP contribution in [-0.2, 0) is 0 Å². The molecule has 0 unspecified atom stereocenters. The minimum Gasteiger partial charge on any atom is -0.0831 e. The molecule has 1 heteroatoms. The van der Waals surface area contributed by atoms with Crippen LogP contribution in [0, 0.1) is 0 Å². The fraction of sp³-hybridized carbons (Fsp3) is 1.00. The van der Waals surface area contributed by atoms with Crippen molar-refractivity contribution in [2.24, 2.45) is 0 Å². The first-order valence-corrected chi connectivity index (χ1v) is 7.73. The second-order valence-electron chi connectivity index (χ2n) is 5.02. The van der Waals surface area contributed by atoms with Gasteiger partial charge in [-0.2, -0.15) is 0 Å². The van der Waals surface area contributed by atoms with E-state index in [4.69, 9.17) is 0 Å². The summed E-state index contributed by atoms with van der Waals surface area (Å²) in [7, 11) is 2.41. The van der Waals surface area contributed by atoms with E-state index in [-0.39, 0.29) is 0 Å². The van der Waals surface area contributed by atoms with Gasteiger partial charge in [-0.05, 0) is 0 Å². The molecular weight excluding hydrogens is 191 g/mol. The Morgan fingerprint density at radius 3 is 1.44 bits per heavy atom. The SMILES string of the molecule is CC[B]CCCCCCCCCCCCC. The van der Waals surface area contributed by atoms with Crippen LogP contribution in [0.4, 0.5) is 0 Å². The highest BCUT2D eigenvalue weighted by atomic mass is 14.0. The Morgan fingerprint density at radius 1 is 0.562 bits per heavy atom. The third kappa shape index (κ3) is 14.1. The van der Waals surface area contributed by atoms with E-state index in [9.17, 15) is 0 Å². The van der Waals surface area contributed by atoms with Gasteiger partial charge in [0.05, 0.1) is 0 Å². The third-order valence-electron chi connectivity index (χ3n) is 3.30. The second kappa shape index (κ2) is 15.1. The molecule has 0 spiro atoms. The van der Waals surface area contributed by atoms with Crippen LogP contribution in [0.3, 0.4) is 0 Å². The summed E-state index contributed by atoms with van der Waals surface area (Å²) in [6.45, 7) is 4.52. The van der Waals surface area contributed by atoms with Crippen LogP contribution in [0.25, 0.3) is 0 Å². The Labute approximate surface area is 105 Å². The highest BCUT2D eigenvalue weighted by Gasteiger charge is 1.93. The molecule has 0 aliphatic rings. The van der Waals surface area contributed by atoms with Gasteiger partial charge >= 0.3 is 0 Å². The smallest absolute Gasteiger partial charge is 0.0831 e. The van der Waals surface area contributed by atoms with Gasteiger partial charge in [0.15, 0.2) is 0 Å². The summed E-state index contributed by atoms with van der Waals surface area (Å²) in [6.07, 6.45) is 18.6. The fourth-order valence-electron chi connectivity index (χ4n) is 2.16. The highest BCUT2D eigenvalue weighted by molar-refractivity contribution is 6.35. The molecule has 0 aromatic rings. The molecule has 0 N–H and O–H groups in total. The van der Waals surface area contributed by atoms with Crippen molar-refractivity contribution in [3.63, 3.8) is 0 Å². The molecule has 0 rings (SSSR count). The van der Waals surface area contributed by atoms with Gasteiger partial charge in [0.2, 0.25) is 0 Å². The molecule has 16 heavy (non-hydrogen) atoms. The number of hydrogen-bond acceptors (Lipinski definition) is 0. The van der Waals surface area contributed by atoms with E-state index in [1.54, 1.807) is 0 Å². The lowest BCUT2D eigenvalue weighted by Crippen LogP contribution is -1.86. The predicted octanol–water partition coefficient (Wildman–Crippen LogP) is 5.86. The van der Waals surface area contributed by atoms with Crippen LogP contribution >= 0.6 is 0 Å². The van der Waals surface area contributed by atoms with Crippen molar-refractivity contribution < 1.29 is 0 Å². The van der Waals surface area contributed by atoms with E-state index in [0.29, 0.717) is 0 Å². The molecule has 0 aliphatic heterocycles. The molecule has 0 aliphatic carbocycles. The van der Waals surface area contributed by atoms with Gasteiger partial charge < -0.3 is 0 Å². The lowest BCUT2D eigenvalue weighted by atomic mass is 9.70. The number of rotatable bonds is 13. The first kappa shape index (κ1) is 16.1. The average Bonchev–Trinajstić information content (AvgIpc) is 2.31. The van der Waals surface area contributed by atoms with E-state index in [0.717, 1.165) is 0 Å². The van der Waals surface area contributed by atoms with Gasteiger partial charge in [-0.25, -0.2) is 0 Å². The van der Waals surface area contributed by atoms with Crippen LogP contribution in [0.1, 0.15) is 84.5 Å². The lowest BCUT2D eigenvalue weighted by Gasteiger charge is -2.02. The number of hydrogen-bond donors (Lipinski definition) is 0. The van der Waals surface area contributed by atoms with Gasteiger partial charge in [-0.3, -0.25) is 0 Å². The summed E-state index contributed by atoms with van der Waals surface area (Å²) in [6, 6.07) is 0. The first-order chi connectivity index (χ1) is 7.91. The molecule has 0 bridgehead atoms. The molecule has 1 radical (unpaired) electrons. The summed E-state index contributed by atoms with van der Waals surface area (Å²) in [5.74, 6) is 0. The third-order valence-corrected chi connectivity index (χ3v) is 3.30.